The molecule has 7 heteroatoms. The first-order chi connectivity index (χ1) is 13.6. The number of hydrogen-bond donors (Lipinski definition) is 2. The highest BCUT2D eigenvalue weighted by atomic mass is 16.5. The van der Waals surface area contributed by atoms with Crippen LogP contribution >= 0.6 is 0 Å². The van der Waals surface area contributed by atoms with Gasteiger partial charge in [0.1, 0.15) is 17.1 Å². The fraction of sp³-hybridized carbons (Fsp3) is 0.238. The lowest BCUT2D eigenvalue weighted by Gasteiger charge is -2.20. The molecule has 0 bridgehead atoms. The molecule has 3 rings (SSSR count). The number of ether oxygens (including phenoxy) is 1. The lowest BCUT2D eigenvalue weighted by atomic mass is 10.1. The molecule has 28 heavy (non-hydrogen) atoms. The number of hydrogen-bond acceptors (Lipinski definition) is 6. The van der Waals surface area contributed by atoms with Gasteiger partial charge >= 0.3 is 0 Å². The molecular formula is C21H21NO6. The molecule has 146 valence electrons. The van der Waals surface area contributed by atoms with Crippen LogP contribution in [-0.4, -0.2) is 53.9 Å². The molecule has 0 atom stereocenters. The van der Waals surface area contributed by atoms with Crippen LogP contribution < -0.4 is 10.2 Å². The Balaban J connectivity index is 1.81. The second-order valence-electron chi connectivity index (χ2n) is 6.12. The van der Waals surface area contributed by atoms with Crippen LogP contribution in [0.2, 0.25) is 0 Å². The van der Waals surface area contributed by atoms with Gasteiger partial charge in [-0.25, -0.2) is 0 Å². The van der Waals surface area contributed by atoms with Gasteiger partial charge in [0.05, 0.1) is 18.6 Å². The van der Waals surface area contributed by atoms with E-state index in [4.69, 9.17) is 19.4 Å². The summed E-state index contributed by atoms with van der Waals surface area (Å²) in [5, 5.41) is 18.4. The van der Waals surface area contributed by atoms with E-state index in [9.17, 15) is 9.59 Å². The van der Waals surface area contributed by atoms with Gasteiger partial charge in [0.2, 0.25) is 0 Å². The third-order valence-corrected chi connectivity index (χ3v) is 4.21. The zero-order valence-corrected chi connectivity index (χ0v) is 15.2. The van der Waals surface area contributed by atoms with Crippen LogP contribution in [0.3, 0.4) is 0 Å². The Bertz CT molecular complexity index is 993. The summed E-state index contributed by atoms with van der Waals surface area (Å²) < 4.78 is 11.4. The van der Waals surface area contributed by atoms with Gasteiger partial charge in [-0.2, -0.15) is 0 Å². The fourth-order valence-corrected chi connectivity index (χ4v) is 2.81. The second-order valence-corrected chi connectivity index (χ2v) is 6.12. The van der Waals surface area contributed by atoms with Gasteiger partial charge in [0.15, 0.2) is 12.0 Å². The summed E-state index contributed by atoms with van der Waals surface area (Å²) in [5.41, 5.74) is 0.977. The summed E-state index contributed by atoms with van der Waals surface area (Å²) in [6, 6.07) is 15.5. The molecule has 0 saturated heterocycles. The van der Waals surface area contributed by atoms with Crippen LogP contribution in [0.4, 0.5) is 0 Å². The molecule has 0 radical (unpaired) electrons. The quantitative estimate of drug-likeness (QED) is 0.614. The van der Waals surface area contributed by atoms with E-state index in [0.29, 0.717) is 22.5 Å². The SMILES string of the molecule is O=C(COc1ccc2c(=O)cc(-c3ccccc3)oc2c1)N(CCO)CCO. The maximum atomic E-state index is 12.4. The van der Waals surface area contributed by atoms with Crippen molar-refractivity contribution in [3.8, 4) is 17.1 Å². The lowest BCUT2D eigenvalue weighted by molar-refractivity contribution is -0.134. The van der Waals surface area contributed by atoms with E-state index < -0.39 is 0 Å². The fourth-order valence-electron chi connectivity index (χ4n) is 2.81. The van der Waals surface area contributed by atoms with E-state index in [1.54, 1.807) is 18.2 Å². The van der Waals surface area contributed by atoms with Crippen LogP contribution in [0.15, 0.2) is 63.8 Å². The number of benzene rings is 2. The van der Waals surface area contributed by atoms with Crippen LogP contribution in [0.25, 0.3) is 22.3 Å². The normalized spacial score (nSPS) is 10.8. The van der Waals surface area contributed by atoms with Gasteiger partial charge in [0.25, 0.3) is 5.91 Å². The van der Waals surface area contributed by atoms with E-state index in [2.05, 4.69) is 0 Å². The molecule has 0 aliphatic carbocycles. The molecule has 0 fully saturated rings. The van der Waals surface area contributed by atoms with Crippen molar-refractivity contribution in [2.45, 2.75) is 0 Å². The van der Waals surface area contributed by atoms with E-state index in [-0.39, 0.29) is 44.2 Å². The number of aliphatic hydroxyl groups excluding tert-OH is 2. The molecule has 0 aliphatic heterocycles. The number of rotatable bonds is 8. The maximum absolute atomic E-state index is 12.4. The summed E-state index contributed by atoms with van der Waals surface area (Å²) in [5.74, 6) is 0.466. The molecular weight excluding hydrogens is 362 g/mol. The smallest absolute Gasteiger partial charge is 0.260 e. The predicted molar refractivity (Wildman–Crippen MR) is 104 cm³/mol. The van der Waals surface area contributed by atoms with Crippen molar-refractivity contribution < 1.29 is 24.2 Å². The highest BCUT2D eigenvalue weighted by Gasteiger charge is 2.14. The average Bonchev–Trinajstić information content (AvgIpc) is 2.72. The highest BCUT2D eigenvalue weighted by molar-refractivity contribution is 5.81. The molecule has 2 aromatic carbocycles. The molecule has 0 aliphatic rings. The number of fused-ring (bicyclic) bond motifs is 1. The minimum Gasteiger partial charge on any atom is -0.484 e. The van der Waals surface area contributed by atoms with Crippen molar-refractivity contribution in [2.75, 3.05) is 32.9 Å². The minimum atomic E-state index is -0.359. The zero-order chi connectivity index (χ0) is 19.9. The Hall–Kier alpha value is -3.16. The molecule has 2 N–H and O–H groups in total. The Kier molecular flexibility index (Phi) is 6.41. The summed E-state index contributed by atoms with van der Waals surface area (Å²) in [4.78, 5) is 25.8. The van der Waals surface area contributed by atoms with E-state index in [1.807, 2.05) is 30.3 Å². The topological polar surface area (TPSA) is 100 Å². The Morgan fingerprint density at radius 2 is 1.71 bits per heavy atom. The summed E-state index contributed by atoms with van der Waals surface area (Å²) in [6.07, 6.45) is 0. The largest absolute Gasteiger partial charge is 0.484 e. The van der Waals surface area contributed by atoms with Gasteiger partial charge < -0.3 is 24.3 Å². The third kappa shape index (κ3) is 4.57. The number of aliphatic hydroxyl groups is 2. The minimum absolute atomic E-state index is 0.121. The van der Waals surface area contributed by atoms with Crippen molar-refractivity contribution in [1.82, 2.24) is 4.90 Å². The molecule has 7 nitrogen and oxygen atoms in total. The molecule has 0 unspecified atom stereocenters. The molecule has 3 aromatic rings. The van der Waals surface area contributed by atoms with Gasteiger partial charge in [-0.05, 0) is 12.1 Å². The highest BCUT2D eigenvalue weighted by Crippen LogP contribution is 2.24. The number of carbonyl (C=O) groups excluding carboxylic acids is 1. The molecule has 1 heterocycles. The first kappa shape index (κ1) is 19.6. The summed E-state index contributed by atoms with van der Waals surface area (Å²) >= 11 is 0. The van der Waals surface area contributed by atoms with Crippen molar-refractivity contribution in [3.63, 3.8) is 0 Å². The Morgan fingerprint density at radius 3 is 2.39 bits per heavy atom. The number of carbonyl (C=O) groups is 1. The van der Waals surface area contributed by atoms with Crippen LogP contribution in [0.5, 0.6) is 5.75 Å². The standard InChI is InChI=1S/C21H21NO6/c23-10-8-22(9-11-24)21(26)14-27-16-6-7-17-18(25)13-19(28-20(17)12-16)15-4-2-1-3-5-15/h1-7,12-13,23-24H,8-11,14H2. The third-order valence-electron chi connectivity index (χ3n) is 4.21. The van der Waals surface area contributed by atoms with Crippen molar-refractivity contribution in [2.24, 2.45) is 0 Å². The maximum Gasteiger partial charge on any atom is 0.260 e. The number of nitrogens with zero attached hydrogens (tertiary/aromatic N) is 1. The monoisotopic (exact) mass is 383 g/mol. The van der Waals surface area contributed by atoms with Crippen LogP contribution in [-0.2, 0) is 4.79 Å². The Morgan fingerprint density at radius 1 is 1.00 bits per heavy atom. The zero-order valence-electron chi connectivity index (χ0n) is 15.2. The van der Waals surface area contributed by atoms with Gasteiger partial charge in [-0.15, -0.1) is 0 Å². The van der Waals surface area contributed by atoms with E-state index in [1.165, 1.54) is 11.0 Å². The first-order valence-corrected chi connectivity index (χ1v) is 8.88. The van der Waals surface area contributed by atoms with Crippen molar-refractivity contribution in [3.05, 3.63) is 64.8 Å². The molecule has 0 spiro atoms. The number of amides is 1. The van der Waals surface area contributed by atoms with Crippen LogP contribution in [0, 0.1) is 0 Å². The summed E-state index contributed by atoms with van der Waals surface area (Å²) in [6.45, 7) is -0.413. The van der Waals surface area contributed by atoms with Crippen LogP contribution in [0.1, 0.15) is 0 Å². The van der Waals surface area contributed by atoms with Gasteiger partial charge in [-0.3, -0.25) is 9.59 Å². The van der Waals surface area contributed by atoms with E-state index >= 15 is 0 Å². The van der Waals surface area contributed by atoms with Crippen molar-refractivity contribution in [1.29, 1.82) is 0 Å². The van der Waals surface area contributed by atoms with Gasteiger partial charge in [-0.1, -0.05) is 30.3 Å². The first-order valence-electron chi connectivity index (χ1n) is 8.88. The summed E-state index contributed by atoms with van der Waals surface area (Å²) in [7, 11) is 0. The molecule has 1 amide bonds. The lowest BCUT2D eigenvalue weighted by Crippen LogP contribution is -2.38. The molecule has 0 saturated carbocycles. The average molecular weight is 383 g/mol. The van der Waals surface area contributed by atoms with E-state index in [0.717, 1.165) is 5.56 Å². The Labute approximate surface area is 161 Å². The predicted octanol–water partition coefficient (Wildman–Crippen LogP) is 1.65. The van der Waals surface area contributed by atoms with Gasteiger partial charge in [0, 0.05) is 30.8 Å². The van der Waals surface area contributed by atoms with Crippen molar-refractivity contribution >= 4 is 16.9 Å². The molecule has 1 aromatic heterocycles. The second kappa shape index (κ2) is 9.16.